The Kier molecular flexibility index (Phi) is 5.79. The van der Waals surface area contributed by atoms with Crippen LogP contribution >= 0.6 is 0 Å². The quantitative estimate of drug-likeness (QED) is 0.741. The van der Waals surface area contributed by atoms with E-state index in [1.54, 1.807) is 8.61 Å². The molecular weight excluding hydrogens is 284 g/mol. The molecule has 0 aliphatic heterocycles. The second kappa shape index (κ2) is 7.38. The fraction of sp³-hybridized carbons (Fsp3) is 0.625. The molecule has 118 valence electrons. The van der Waals surface area contributed by atoms with E-state index >= 15 is 0 Å². The van der Waals surface area contributed by atoms with Gasteiger partial charge in [0.1, 0.15) is 0 Å². The van der Waals surface area contributed by atoms with E-state index in [0.29, 0.717) is 32.1 Å². The van der Waals surface area contributed by atoms with Crippen LogP contribution in [0.1, 0.15) is 38.7 Å². The van der Waals surface area contributed by atoms with E-state index in [-0.39, 0.29) is 0 Å². The van der Waals surface area contributed by atoms with Crippen LogP contribution < -0.4 is 0 Å². The molecule has 5 heteroatoms. The summed E-state index contributed by atoms with van der Waals surface area (Å²) < 4.78 is 28.9. The summed E-state index contributed by atoms with van der Waals surface area (Å²) in [5.74, 6) is 0.527. The highest BCUT2D eigenvalue weighted by Gasteiger charge is 2.31. The number of hydrogen-bond acceptors (Lipinski definition) is 2. The second-order valence-electron chi connectivity index (χ2n) is 5.67. The van der Waals surface area contributed by atoms with Crippen LogP contribution in [0.4, 0.5) is 0 Å². The van der Waals surface area contributed by atoms with Gasteiger partial charge in [-0.2, -0.15) is 17.0 Å². The van der Waals surface area contributed by atoms with Gasteiger partial charge < -0.3 is 0 Å². The molecule has 0 aromatic heterocycles. The average molecular weight is 310 g/mol. The number of nitrogens with zero attached hydrogens (tertiary/aromatic N) is 2. The van der Waals surface area contributed by atoms with Gasteiger partial charge in [0.05, 0.1) is 0 Å². The summed E-state index contributed by atoms with van der Waals surface area (Å²) in [4.78, 5) is 0. The Morgan fingerprint density at radius 1 is 1.05 bits per heavy atom. The van der Waals surface area contributed by atoms with E-state index < -0.39 is 10.2 Å². The Hall–Kier alpha value is -0.910. The summed E-state index contributed by atoms with van der Waals surface area (Å²) in [5.41, 5.74) is 1.05. The van der Waals surface area contributed by atoms with Gasteiger partial charge >= 0.3 is 0 Å². The van der Waals surface area contributed by atoms with Crippen molar-refractivity contribution in [3.63, 3.8) is 0 Å². The molecule has 0 heterocycles. The molecule has 2 rings (SSSR count). The van der Waals surface area contributed by atoms with Gasteiger partial charge in [0.2, 0.25) is 0 Å². The maximum atomic E-state index is 12.8. The molecule has 1 aromatic rings. The third-order valence-corrected chi connectivity index (χ3v) is 6.35. The maximum absolute atomic E-state index is 12.8. The van der Waals surface area contributed by atoms with E-state index in [1.807, 2.05) is 44.2 Å². The van der Waals surface area contributed by atoms with Gasteiger partial charge in [-0.05, 0) is 24.3 Å². The molecule has 1 fully saturated rings. The monoisotopic (exact) mass is 310 g/mol. The van der Waals surface area contributed by atoms with Crippen LogP contribution in [-0.2, 0) is 16.8 Å². The van der Waals surface area contributed by atoms with E-state index in [0.717, 1.165) is 18.4 Å². The smallest absolute Gasteiger partial charge is 0.195 e. The standard InChI is InChI=1S/C16H26N2O2S/c1-3-17(4-2)21(19,20)18(14-16-11-8-12-16)13-15-9-6-5-7-10-15/h5-7,9-10,16H,3-4,8,11-14H2,1-2H3. The molecule has 0 bridgehead atoms. The molecule has 0 atom stereocenters. The minimum absolute atomic E-state index is 0.468. The van der Waals surface area contributed by atoms with Crippen molar-refractivity contribution in [3.05, 3.63) is 35.9 Å². The van der Waals surface area contributed by atoms with Crippen molar-refractivity contribution in [2.24, 2.45) is 5.92 Å². The summed E-state index contributed by atoms with van der Waals surface area (Å²) >= 11 is 0. The van der Waals surface area contributed by atoms with E-state index in [9.17, 15) is 8.42 Å². The Morgan fingerprint density at radius 2 is 1.67 bits per heavy atom. The zero-order valence-electron chi connectivity index (χ0n) is 13.0. The van der Waals surface area contributed by atoms with E-state index in [4.69, 9.17) is 0 Å². The third-order valence-electron chi connectivity index (χ3n) is 4.25. The van der Waals surface area contributed by atoms with Crippen molar-refractivity contribution in [3.8, 4) is 0 Å². The first-order valence-electron chi connectivity index (χ1n) is 7.87. The van der Waals surface area contributed by atoms with Gasteiger partial charge in [-0.25, -0.2) is 0 Å². The SMILES string of the molecule is CCN(CC)S(=O)(=O)N(Cc1ccccc1)CC1CCC1. The van der Waals surface area contributed by atoms with Gasteiger partial charge in [0.25, 0.3) is 10.2 Å². The molecular formula is C16H26N2O2S. The first-order valence-corrected chi connectivity index (χ1v) is 9.26. The van der Waals surface area contributed by atoms with Gasteiger partial charge in [0.15, 0.2) is 0 Å². The molecule has 21 heavy (non-hydrogen) atoms. The highest BCUT2D eigenvalue weighted by Crippen LogP contribution is 2.29. The first-order chi connectivity index (χ1) is 10.1. The predicted octanol–water partition coefficient (Wildman–Crippen LogP) is 2.88. The number of hydrogen-bond donors (Lipinski definition) is 0. The molecule has 0 radical (unpaired) electrons. The van der Waals surface area contributed by atoms with Gasteiger partial charge in [-0.15, -0.1) is 0 Å². The topological polar surface area (TPSA) is 40.6 Å². The number of benzene rings is 1. The summed E-state index contributed by atoms with van der Waals surface area (Å²) in [6, 6.07) is 9.86. The third kappa shape index (κ3) is 4.05. The van der Waals surface area contributed by atoms with Gasteiger partial charge in [0, 0.05) is 26.2 Å². The molecule has 0 N–H and O–H groups in total. The van der Waals surface area contributed by atoms with Crippen LogP contribution in [0, 0.1) is 5.92 Å². The molecule has 0 saturated heterocycles. The minimum Gasteiger partial charge on any atom is -0.195 e. The molecule has 0 unspecified atom stereocenters. The Labute approximate surface area is 128 Å². The summed E-state index contributed by atoms with van der Waals surface area (Å²) in [5, 5.41) is 0. The molecule has 1 aliphatic carbocycles. The molecule has 1 aromatic carbocycles. The summed E-state index contributed by atoms with van der Waals surface area (Å²) in [6.07, 6.45) is 3.54. The first kappa shape index (κ1) is 16.5. The normalized spacial score (nSPS) is 16.4. The minimum atomic E-state index is -3.37. The largest absolute Gasteiger partial charge is 0.282 e. The fourth-order valence-corrected chi connectivity index (χ4v) is 4.39. The highest BCUT2D eigenvalue weighted by atomic mass is 32.2. The van der Waals surface area contributed by atoms with E-state index in [1.165, 1.54) is 6.42 Å². The molecule has 0 amide bonds. The van der Waals surface area contributed by atoms with Crippen molar-refractivity contribution in [1.82, 2.24) is 8.61 Å². The Balaban J connectivity index is 2.18. The molecule has 1 saturated carbocycles. The van der Waals surface area contributed by atoms with Crippen LogP contribution in [-0.4, -0.2) is 36.7 Å². The van der Waals surface area contributed by atoms with Crippen LogP contribution in [0.2, 0.25) is 0 Å². The van der Waals surface area contributed by atoms with Crippen molar-refractivity contribution < 1.29 is 8.42 Å². The van der Waals surface area contributed by atoms with Gasteiger partial charge in [-0.1, -0.05) is 50.6 Å². The van der Waals surface area contributed by atoms with Crippen LogP contribution in [0.5, 0.6) is 0 Å². The lowest BCUT2D eigenvalue weighted by Crippen LogP contribution is -2.46. The Bertz CT molecular complexity index is 522. The van der Waals surface area contributed by atoms with Crippen molar-refractivity contribution in [1.29, 1.82) is 0 Å². The highest BCUT2D eigenvalue weighted by molar-refractivity contribution is 7.86. The maximum Gasteiger partial charge on any atom is 0.282 e. The van der Waals surface area contributed by atoms with Gasteiger partial charge in [-0.3, -0.25) is 0 Å². The zero-order chi connectivity index (χ0) is 15.3. The van der Waals surface area contributed by atoms with Crippen LogP contribution in [0.25, 0.3) is 0 Å². The second-order valence-corrected chi connectivity index (χ2v) is 7.60. The van der Waals surface area contributed by atoms with Crippen molar-refractivity contribution in [2.75, 3.05) is 19.6 Å². The molecule has 4 nitrogen and oxygen atoms in total. The summed E-state index contributed by atoms with van der Waals surface area (Å²) in [6.45, 7) is 5.95. The molecule has 0 spiro atoms. The fourth-order valence-electron chi connectivity index (χ4n) is 2.70. The van der Waals surface area contributed by atoms with Crippen LogP contribution in [0.15, 0.2) is 30.3 Å². The lowest BCUT2D eigenvalue weighted by molar-refractivity contribution is 0.231. The average Bonchev–Trinajstić information content (AvgIpc) is 2.43. The van der Waals surface area contributed by atoms with Crippen molar-refractivity contribution >= 4 is 10.2 Å². The predicted molar refractivity (Wildman–Crippen MR) is 86.0 cm³/mol. The lowest BCUT2D eigenvalue weighted by atomic mass is 9.85. The van der Waals surface area contributed by atoms with Crippen molar-refractivity contribution in [2.45, 2.75) is 39.7 Å². The van der Waals surface area contributed by atoms with E-state index in [2.05, 4.69) is 0 Å². The van der Waals surface area contributed by atoms with Crippen LogP contribution in [0.3, 0.4) is 0 Å². The number of rotatable bonds is 8. The zero-order valence-corrected chi connectivity index (χ0v) is 13.8. The summed E-state index contributed by atoms with van der Waals surface area (Å²) in [7, 11) is -3.37. The molecule has 1 aliphatic rings. The Morgan fingerprint density at radius 3 is 2.14 bits per heavy atom. The lowest BCUT2D eigenvalue weighted by Gasteiger charge is -2.34.